The lowest BCUT2D eigenvalue weighted by molar-refractivity contribution is -0.130. The molecule has 0 unspecified atom stereocenters. The molecule has 1 atom stereocenters. The minimum Gasteiger partial charge on any atom is -0.343 e. The lowest BCUT2D eigenvalue weighted by Gasteiger charge is -2.33. The van der Waals surface area contributed by atoms with E-state index in [1.165, 1.54) is 0 Å². The van der Waals surface area contributed by atoms with Crippen molar-refractivity contribution in [2.75, 3.05) is 13.1 Å². The van der Waals surface area contributed by atoms with Gasteiger partial charge in [-0.15, -0.1) is 0 Å². The van der Waals surface area contributed by atoms with Crippen molar-refractivity contribution in [2.24, 2.45) is 11.8 Å². The van der Waals surface area contributed by atoms with E-state index in [2.05, 4.69) is 19.2 Å². The zero-order chi connectivity index (χ0) is 15.3. The highest BCUT2D eigenvalue weighted by molar-refractivity contribution is 5.85. The molecule has 1 N–H and O–H groups in total. The van der Waals surface area contributed by atoms with Crippen LogP contribution in [-0.2, 0) is 9.59 Å². The van der Waals surface area contributed by atoms with Crippen LogP contribution in [0.15, 0.2) is 0 Å². The number of amides is 1. The van der Waals surface area contributed by atoms with Gasteiger partial charge in [-0.05, 0) is 25.2 Å². The maximum absolute atomic E-state index is 12.3. The van der Waals surface area contributed by atoms with Crippen LogP contribution >= 0.6 is 0 Å². The SMILES string of the molecule is CC(=O)N1CCC(C[C@H](NC(C)C)C(=O)C(C)C)CC1. The van der Waals surface area contributed by atoms with Crippen molar-refractivity contribution in [1.82, 2.24) is 10.2 Å². The molecule has 0 bridgehead atoms. The average Bonchev–Trinajstić information content (AvgIpc) is 2.37. The van der Waals surface area contributed by atoms with Crippen LogP contribution in [-0.4, -0.2) is 41.8 Å². The molecule has 0 aromatic heterocycles. The Morgan fingerprint density at radius 1 is 1.15 bits per heavy atom. The van der Waals surface area contributed by atoms with Gasteiger partial charge in [0.1, 0.15) is 0 Å². The van der Waals surface area contributed by atoms with Crippen LogP contribution in [0.25, 0.3) is 0 Å². The predicted molar refractivity (Wildman–Crippen MR) is 81.5 cm³/mol. The molecule has 116 valence electrons. The number of hydrogen-bond acceptors (Lipinski definition) is 3. The van der Waals surface area contributed by atoms with Crippen LogP contribution in [0.1, 0.15) is 53.9 Å². The summed E-state index contributed by atoms with van der Waals surface area (Å²) in [5.41, 5.74) is 0. The van der Waals surface area contributed by atoms with Crippen LogP contribution in [0.5, 0.6) is 0 Å². The molecule has 1 amide bonds. The number of rotatable bonds is 6. The normalized spacial score (nSPS) is 18.6. The van der Waals surface area contributed by atoms with Crippen molar-refractivity contribution in [3.8, 4) is 0 Å². The van der Waals surface area contributed by atoms with Gasteiger partial charge in [-0.3, -0.25) is 9.59 Å². The fourth-order valence-electron chi connectivity index (χ4n) is 2.89. The molecule has 0 aromatic rings. The van der Waals surface area contributed by atoms with Crippen LogP contribution in [0.3, 0.4) is 0 Å². The van der Waals surface area contributed by atoms with Crippen molar-refractivity contribution >= 4 is 11.7 Å². The summed E-state index contributed by atoms with van der Waals surface area (Å²) >= 11 is 0. The number of likely N-dealkylation sites (tertiary alicyclic amines) is 1. The highest BCUT2D eigenvalue weighted by atomic mass is 16.2. The van der Waals surface area contributed by atoms with Crippen LogP contribution in [0.4, 0.5) is 0 Å². The monoisotopic (exact) mass is 282 g/mol. The molecular formula is C16H30N2O2. The summed E-state index contributed by atoms with van der Waals surface area (Å²) in [5.74, 6) is 1.10. The van der Waals surface area contributed by atoms with Crippen molar-refractivity contribution in [3.63, 3.8) is 0 Å². The molecule has 4 nitrogen and oxygen atoms in total. The standard InChI is InChI=1S/C16H30N2O2/c1-11(2)16(20)15(17-12(3)4)10-14-6-8-18(9-7-14)13(5)19/h11-12,14-15,17H,6-10H2,1-5H3/t15-/m0/s1. The number of piperidine rings is 1. The number of ketones is 1. The van der Waals surface area contributed by atoms with Gasteiger partial charge in [0.05, 0.1) is 6.04 Å². The summed E-state index contributed by atoms with van der Waals surface area (Å²) in [6.45, 7) is 11.4. The van der Waals surface area contributed by atoms with Gasteiger partial charge in [0.2, 0.25) is 5.91 Å². The van der Waals surface area contributed by atoms with Gasteiger partial charge in [-0.1, -0.05) is 27.7 Å². The Balaban J connectivity index is 2.54. The molecular weight excluding hydrogens is 252 g/mol. The van der Waals surface area contributed by atoms with E-state index in [-0.39, 0.29) is 17.9 Å². The Morgan fingerprint density at radius 2 is 1.70 bits per heavy atom. The number of Topliss-reactive ketones (excluding diaryl/α,β-unsaturated/α-hetero) is 1. The van der Waals surface area contributed by atoms with E-state index in [1.807, 2.05) is 18.7 Å². The minimum atomic E-state index is -0.0381. The van der Waals surface area contributed by atoms with Crippen LogP contribution in [0.2, 0.25) is 0 Å². The molecule has 0 radical (unpaired) electrons. The molecule has 1 fully saturated rings. The van der Waals surface area contributed by atoms with Crippen molar-refractivity contribution < 1.29 is 9.59 Å². The van der Waals surface area contributed by atoms with Crippen molar-refractivity contribution in [3.05, 3.63) is 0 Å². The first kappa shape index (κ1) is 17.2. The fourth-order valence-corrected chi connectivity index (χ4v) is 2.89. The smallest absolute Gasteiger partial charge is 0.219 e. The third kappa shape index (κ3) is 5.23. The summed E-state index contributed by atoms with van der Waals surface area (Å²) in [5, 5.41) is 3.41. The Labute approximate surface area is 123 Å². The molecule has 0 aliphatic carbocycles. The highest BCUT2D eigenvalue weighted by Crippen LogP contribution is 2.23. The van der Waals surface area contributed by atoms with E-state index in [1.54, 1.807) is 6.92 Å². The zero-order valence-corrected chi connectivity index (χ0v) is 13.6. The first-order valence-corrected chi connectivity index (χ1v) is 7.86. The molecule has 1 heterocycles. The van der Waals surface area contributed by atoms with Gasteiger partial charge in [0.15, 0.2) is 5.78 Å². The molecule has 1 rings (SSSR count). The summed E-state index contributed by atoms with van der Waals surface area (Å²) in [6.07, 6.45) is 2.93. The Hall–Kier alpha value is -0.900. The largest absolute Gasteiger partial charge is 0.343 e. The highest BCUT2D eigenvalue weighted by Gasteiger charge is 2.28. The molecule has 20 heavy (non-hydrogen) atoms. The topological polar surface area (TPSA) is 49.4 Å². The molecule has 0 aromatic carbocycles. The van der Waals surface area contributed by atoms with E-state index in [4.69, 9.17) is 0 Å². The third-order valence-corrected chi connectivity index (χ3v) is 4.08. The fraction of sp³-hybridized carbons (Fsp3) is 0.875. The summed E-state index contributed by atoms with van der Waals surface area (Å²) in [6, 6.07) is 0.281. The number of hydrogen-bond donors (Lipinski definition) is 1. The molecule has 1 aliphatic heterocycles. The predicted octanol–water partition coefficient (Wildman–Crippen LogP) is 2.23. The second kappa shape index (κ2) is 7.77. The van der Waals surface area contributed by atoms with E-state index >= 15 is 0 Å². The lowest BCUT2D eigenvalue weighted by Crippen LogP contribution is -2.45. The number of carbonyl (C=O) groups is 2. The van der Waals surface area contributed by atoms with Crippen LogP contribution < -0.4 is 5.32 Å². The van der Waals surface area contributed by atoms with E-state index in [0.29, 0.717) is 17.7 Å². The Bertz CT molecular complexity index is 331. The minimum absolute atomic E-state index is 0.0381. The Kier molecular flexibility index (Phi) is 6.66. The number of carbonyl (C=O) groups excluding carboxylic acids is 2. The number of nitrogens with zero attached hydrogens (tertiary/aromatic N) is 1. The molecule has 4 heteroatoms. The van der Waals surface area contributed by atoms with Crippen molar-refractivity contribution in [1.29, 1.82) is 0 Å². The quantitative estimate of drug-likeness (QED) is 0.812. The lowest BCUT2D eigenvalue weighted by atomic mass is 9.86. The molecule has 1 aliphatic rings. The molecule has 0 saturated carbocycles. The molecule has 1 saturated heterocycles. The average molecular weight is 282 g/mol. The first-order chi connectivity index (χ1) is 9.31. The Morgan fingerprint density at radius 3 is 2.10 bits per heavy atom. The zero-order valence-electron chi connectivity index (χ0n) is 13.6. The van der Waals surface area contributed by atoms with Gasteiger partial charge >= 0.3 is 0 Å². The van der Waals surface area contributed by atoms with E-state index in [0.717, 1.165) is 32.4 Å². The van der Waals surface area contributed by atoms with Crippen LogP contribution in [0, 0.1) is 11.8 Å². The second-order valence-corrected chi connectivity index (χ2v) is 6.62. The first-order valence-electron chi connectivity index (χ1n) is 7.86. The van der Waals surface area contributed by atoms with Gasteiger partial charge in [-0.2, -0.15) is 0 Å². The summed E-state index contributed by atoms with van der Waals surface area (Å²) in [7, 11) is 0. The molecule has 0 spiro atoms. The third-order valence-electron chi connectivity index (χ3n) is 4.08. The van der Waals surface area contributed by atoms with Gasteiger partial charge in [0, 0.05) is 32.0 Å². The van der Waals surface area contributed by atoms with Crippen molar-refractivity contribution in [2.45, 2.75) is 66.0 Å². The maximum atomic E-state index is 12.3. The number of nitrogens with one attached hydrogen (secondary N) is 1. The van der Waals surface area contributed by atoms with Gasteiger partial charge < -0.3 is 10.2 Å². The van der Waals surface area contributed by atoms with E-state index in [9.17, 15) is 9.59 Å². The maximum Gasteiger partial charge on any atom is 0.219 e. The van der Waals surface area contributed by atoms with Gasteiger partial charge in [-0.25, -0.2) is 0 Å². The second-order valence-electron chi connectivity index (χ2n) is 6.62. The van der Waals surface area contributed by atoms with Gasteiger partial charge in [0.25, 0.3) is 0 Å². The van der Waals surface area contributed by atoms with E-state index < -0.39 is 0 Å². The summed E-state index contributed by atoms with van der Waals surface area (Å²) < 4.78 is 0. The summed E-state index contributed by atoms with van der Waals surface area (Å²) in [4.78, 5) is 25.5.